The van der Waals surface area contributed by atoms with Gasteiger partial charge in [-0.05, 0) is 43.5 Å². The molecule has 158 valence electrons. The predicted octanol–water partition coefficient (Wildman–Crippen LogP) is 3.63. The van der Waals surface area contributed by atoms with Crippen molar-refractivity contribution < 1.29 is 17.9 Å². The smallest absolute Gasteiger partial charge is 0.258 e. The first kappa shape index (κ1) is 22.7. The average Bonchev–Trinajstić information content (AvgIpc) is 2.63. The van der Waals surface area contributed by atoms with Gasteiger partial charge in [0.2, 0.25) is 10.0 Å². The minimum Gasteiger partial charge on any atom is -0.484 e. The Morgan fingerprint density at radius 1 is 1.11 bits per heavy atom. The molecule has 1 aromatic rings. The van der Waals surface area contributed by atoms with Gasteiger partial charge in [-0.3, -0.25) is 4.79 Å². The summed E-state index contributed by atoms with van der Waals surface area (Å²) in [4.78, 5) is 12.5. The van der Waals surface area contributed by atoms with E-state index in [2.05, 4.69) is 5.32 Å². The number of nitrogens with zero attached hydrogens (tertiary/aromatic N) is 1. The summed E-state index contributed by atoms with van der Waals surface area (Å²) in [5.74, 6) is 0.413. The number of rotatable bonds is 8. The second-order valence-electron chi connectivity index (χ2n) is 7.41. The Labute approximate surface area is 169 Å². The summed E-state index contributed by atoms with van der Waals surface area (Å²) in [5.41, 5.74) is 0.701. The highest BCUT2D eigenvalue weighted by Gasteiger charge is 2.22. The molecule has 0 bridgehead atoms. The Morgan fingerprint density at radius 2 is 1.71 bits per heavy atom. The second kappa shape index (κ2) is 10.8. The fourth-order valence-corrected chi connectivity index (χ4v) is 5.21. The molecule has 0 aromatic heterocycles. The molecule has 0 atom stereocenters. The zero-order valence-electron chi connectivity index (χ0n) is 17.4. The number of amides is 1. The van der Waals surface area contributed by atoms with Crippen LogP contribution in [0.3, 0.4) is 0 Å². The van der Waals surface area contributed by atoms with Crippen LogP contribution in [-0.4, -0.2) is 44.4 Å². The van der Waals surface area contributed by atoms with Gasteiger partial charge in [0, 0.05) is 19.1 Å². The number of nitrogens with one attached hydrogen (secondary N) is 1. The SMILES string of the molecule is CCN(CC)S(=O)(=O)c1ccc(OCC(=O)NC2CCCCCCC2)c(C)c1. The summed E-state index contributed by atoms with van der Waals surface area (Å²) in [5, 5.41) is 3.08. The van der Waals surface area contributed by atoms with Gasteiger partial charge in [-0.15, -0.1) is 0 Å². The number of ether oxygens (including phenoxy) is 1. The molecule has 1 amide bonds. The number of hydrogen-bond donors (Lipinski definition) is 1. The molecule has 1 aliphatic carbocycles. The molecule has 1 aliphatic rings. The van der Waals surface area contributed by atoms with Gasteiger partial charge in [-0.1, -0.05) is 46.0 Å². The second-order valence-corrected chi connectivity index (χ2v) is 9.35. The van der Waals surface area contributed by atoms with Crippen LogP contribution < -0.4 is 10.1 Å². The maximum atomic E-state index is 12.6. The van der Waals surface area contributed by atoms with Crippen LogP contribution in [0.25, 0.3) is 0 Å². The molecule has 0 unspecified atom stereocenters. The lowest BCUT2D eigenvalue weighted by atomic mass is 9.97. The number of carbonyl (C=O) groups is 1. The number of benzene rings is 1. The quantitative estimate of drug-likeness (QED) is 0.710. The van der Waals surface area contributed by atoms with E-state index in [4.69, 9.17) is 4.74 Å². The Kier molecular flexibility index (Phi) is 8.76. The van der Waals surface area contributed by atoms with Crippen LogP contribution >= 0.6 is 0 Å². The van der Waals surface area contributed by atoms with Crippen molar-refractivity contribution >= 4 is 15.9 Å². The summed E-state index contributed by atoms with van der Waals surface area (Å²) in [6.07, 6.45) is 8.16. The van der Waals surface area contributed by atoms with E-state index >= 15 is 0 Å². The van der Waals surface area contributed by atoms with Crippen molar-refractivity contribution in [2.24, 2.45) is 0 Å². The monoisotopic (exact) mass is 410 g/mol. The first-order valence-corrected chi connectivity index (χ1v) is 11.9. The van der Waals surface area contributed by atoms with Gasteiger partial charge in [0.15, 0.2) is 6.61 Å². The fraction of sp³-hybridized carbons (Fsp3) is 0.667. The highest BCUT2D eigenvalue weighted by atomic mass is 32.2. The van der Waals surface area contributed by atoms with Crippen LogP contribution in [-0.2, 0) is 14.8 Å². The van der Waals surface area contributed by atoms with Crippen molar-refractivity contribution in [3.05, 3.63) is 23.8 Å². The third kappa shape index (κ3) is 6.21. The fourth-order valence-electron chi connectivity index (χ4n) is 3.67. The Bertz CT molecular complexity index is 737. The summed E-state index contributed by atoms with van der Waals surface area (Å²) in [7, 11) is -3.50. The lowest BCUT2D eigenvalue weighted by molar-refractivity contribution is -0.123. The van der Waals surface area contributed by atoms with Gasteiger partial charge in [0.1, 0.15) is 5.75 Å². The molecule has 0 saturated heterocycles. The molecule has 1 fully saturated rings. The third-order valence-corrected chi connectivity index (χ3v) is 7.36. The standard InChI is InChI=1S/C21H34N2O4S/c1-4-23(5-2)28(25,26)19-13-14-20(17(3)15-19)27-16-21(24)22-18-11-9-7-6-8-10-12-18/h13-15,18H,4-12,16H2,1-3H3,(H,22,24). The van der Waals surface area contributed by atoms with Crippen LogP contribution in [0.15, 0.2) is 23.1 Å². The van der Waals surface area contributed by atoms with Crippen LogP contribution in [0.5, 0.6) is 5.75 Å². The summed E-state index contributed by atoms with van der Waals surface area (Å²) < 4.78 is 32.3. The summed E-state index contributed by atoms with van der Waals surface area (Å²) in [6, 6.07) is 5.02. The Morgan fingerprint density at radius 3 is 2.29 bits per heavy atom. The molecule has 1 saturated carbocycles. The zero-order valence-corrected chi connectivity index (χ0v) is 18.2. The van der Waals surface area contributed by atoms with E-state index in [9.17, 15) is 13.2 Å². The highest BCUT2D eigenvalue weighted by Crippen LogP contribution is 2.24. The zero-order chi connectivity index (χ0) is 20.6. The van der Waals surface area contributed by atoms with E-state index in [1.807, 2.05) is 13.8 Å². The lowest BCUT2D eigenvalue weighted by Crippen LogP contribution is -2.38. The highest BCUT2D eigenvalue weighted by molar-refractivity contribution is 7.89. The molecular weight excluding hydrogens is 376 g/mol. The average molecular weight is 411 g/mol. The van der Waals surface area contributed by atoms with E-state index in [0.29, 0.717) is 24.4 Å². The molecular formula is C21H34N2O4S. The Hall–Kier alpha value is -1.60. The van der Waals surface area contributed by atoms with Crippen molar-refractivity contribution in [2.45, 2.75) is 76.7 Å². The number of aryl methyl sites for hydroxylation is 1. The number of carbonyl (C=O) groups excluding carboxylic acids is 1. The van der Waals surface area contributed by atoms with Gasteiger partial charge in [0.25, 0.3) is 5.91 Å². The van der Waals surface area contributed by atoms with Gasteiger partial charge >= 0.3 is 0 Å². The summed E-state index contributed by atoms with van der Waals surface area (Å²) in [6.45, 7) is 6.23. The lowest BCUT2D eigenvalue weighted by Gasteiger charge is -2.21. The van der Waals surface area contributed by atoms with Gasteiger partial charge in [-0.25, -0.2) is 8.42 Å². The molecule has 28 heavy (non-hydrogen) atoms. The minimum atomic E-state index is -3.50. The maximum Gasteiger partial charge on any atom is 0.258 e. The molecule has 0 heterocycles. The van der Waals surface area contributed by atoms with Crippen LogP contribution in [0.4, 0.5) is 0 Å². The van der Waals surface area contributed by atoms with Gasteiger partial charge in [0.05, 0.1) is 4.90 Å². The molecule has 2 rings (SSSR count). The van der Waals surface area contributed by atoms with Crippen molar-refractivity contribution in [2.75, 3.05) is 19.7 Å². The van der Waals surface area contributed by atoms with E-state index in [1.54, 1.807) is 25.1 Å². The number of hydrogen-bond acceptors (Lipinski definition) is 4. The van der Waals surface area contributed by atoms with Crippen molar-refractivity contribution in [1.82, 2.24) is 9.62 Å². The van der Waals surface area contributed by atoms with Crippen molar-refractivity contribution in [3.8, 4) is 5.75 Å². The van der Waals surface area contributed by atoms with Crippen LogP contribution in [0.2, 0.25) is 0 Å². The molecule has 7 heteroatoms. The first-order chi connectivity index (χ1) is 13.4. The molecule has 1 aromatic carbocycles. The van der Waals surface area contributed by atoms with Gasteiger partial charge < -0.3 is 10.1 Å². The molecule has 1 N–H and O–H groups in total. The first-order valence-electron chi connectivity index (χ1n) is 10.4. The minimum absolute atomic E-state index is 0.0561. The normalized spacial score (nSPS) is 16.4. The van der Waals surface area contributed by atoms with Crippen LogP contribution in [0.1, 0.15) is 64.4 Å². The molecule has 6 nitrogen and oxygen atoms in total. The predicted molar refractivity (Wildman–Crippen MR) is 111 cm³/mol. The largest absolute Gasteiger partial charge is 0.484 e. The topological polar surface area (TPSA) is 75.7 Å². The van der Waals surface area contributed by atoms with E-state index < -0.39 is 10.0 Å². The van der Waals surface area contributed by atoms with Gasteiger partial charge in [-0.2, -0.15) is 4.31 Å². The Balaban J connectivity index is 1.94. The summed E-state index contributed by atoms with van der Waals surface area (Å²) >= 11 is 0. The molecule has 0 spiro atoms. The third-order valence-electron chi connectivity index (χ3n) is 5.32. The molecule has 0 aliphatic heterocycles. The van der Waals surface area contributed by atoms with E-state index in [-0.39, 0.29) is 23.5 Å². The number of sulfonamides is 1. The van der Waals surface area contributed by atoms with E-state index in [1.165, 1.54) is 23.6 Å². The van der Waals surface area contributed by atoms with Crippen molar-refractivity contribution in [1.29, 1.82) is 0 Å². The van der Waals surface area contributed by atoms with Crippen molar-refractivity contribution in [3.63, 3.8) is 0 Å². The maximum absolute atomic E-state index is 12.6. The molecule has 0 radical (unpaired) electrons. The van der Waals surface area contributed by atoms with Crippen LogP contribution in [0, 0.1) is 6.92 Å². The van der Waals surface area contributed by atoms with E-state index in [0.717, 1.165) is 25.7 Å².